The molecule has 2 rings (SSSR count). The molecule has 102 valence electrons. The molecular formula is C13H18N4O2. The van der Waals surface area contributed by atoms with Crippen LogP contribution < -0.4 is 10.6 Å². The molecule has 0 spiro atoms. The van der Waals surface area contributed by atoms with Crippen molar-refractivity contribution < 1.29 is 9.53 Å². The number of nitrogens with zero attached hydrogens (tertiary/aromatic N) is 2. The SMILES string of the molecule is COCCNC(=O)C(C)Nc1cccc2nccn12. The topological polar surface area (TPSA) is 67.7 Å². The Bertz CT molecular complexity index is 552. The zero-order valence-corrected chi connectivity index (χ0v) is 11.1. The number of hydrogen-bond donors (Lipinski definition) is 2. The van der Waals surface area contributed by atoms with E-state index in [9.17, 15) is 4.79 Å². The molecule has 0 fully saturated rings. The second-order valence-corrected chi connectivity index (χ2v) is 4.22. The first-order valence-corrected chi connectivity index (χ1v) is 6.17. The number of anilines is 1. The fourth-order valence-electron chi connectivity index (χ4n) is 1.78. The van der Waals surface area contributed by atoms with Crippen LogP contribution in [0.15, 0.2) is 30.6 Å². The summed E-state index contributed by atoms with van der Waals surface area (Å²) in [7, 11) is 1.60. The van der Waals surface area contributed by atoms with Crippen LogP contribution in [0.25, 0.3) is 5.65 Å². The summed E-state index contributed by atoms with van der Waals surface area (Å²) in [6, 6.07) is 5.40. The van der Waals surface area contributed by atoms with Crippen molar-refractivity contribution >= 4 is 17.4 Å². The minimum atomic E-state index is -0.329. The smallest absolute Gasteiger partial charge is 0.242 e. The predicted octanol–water partition coefficient (Wildman–Crippen LogP) is 0.897. The maximum atomic E-state index is 11.8. The van der Waals surface area contributed by atoms with Gasteiger partial charge in [-0.25, -0.2) is 4.98 Å². The highest BCUT2D eigenvalue weighted by Gasteiger charge is 2.13. The van der Waals surface area contributed by atoms with Gasteiger partial charge in [-0.1, -0.05) is 6.07 Å². The van der Waals surface area contributed by atoms with E-state index in [1.807, 2.05) is 35.7 Å². The molecule has 1 unspecified atom stereocenters. The van der Waals surface area contributed by atoms with Gasteiger partial charge in [0, 0.05) is 26.0 Å². The lowest BCUT2D eigenvalue weighted by Gasteiger charge is -2.16. The number of pyridine rings is 1. The summed E-state index contributed by atoms with van der Waals surface area (Å²) >= 11 is 0. The number of carbonyl (C=O) groups excluding carboxylic acids is 1. The van der Waals surface area contributed by atoms with E-state index in [1.165, 1.54) is 0 Å². The predicted molar refractivity (Wildman–Crippen MR) is 73.2 cm³/mol. The lowest BCUT2D eigenvalue weighted by molar-refractivity contribution is -0.121. The third-order valence-electron chi connectivity index (χ3n) is 2.79. The Balaban J connectivity index is 2.00. The van der Waals surface area contributed by atoms with Crippen LogP contribution >= 0.6 is 0 Å². The number of hydrogen-bond acceptors (Lipinski definition) is 4. The molecule has 2 aromatic rings. The molecule has 6 heteroatoms. The van der Waals surface area contributed by atoms with Gasteiger partial charge in [-0.3, -0.25) is 9.20 Å². The standard InChI is InChI=1S/C13H18N4O2/c1-10(13(18)15-7-9-19-2)16-12-5-3-4-11-14-6-8-17(11)12/h3-6,8,10,16H,7,9H2,1-2H3,(H,15,18). The molecule has 0 radical (unpaired) electrons. The van der Waals surface area contributed by atoms with Gasteiger partial charge in [-0.05, 0) is 19.1 Å². The minimum absolute atomic E-state index is 0.0610. The largest absolute Gasteiger partial charge is 0.383 e. The van der Waals surface area contributed by atoms with Crippen molar-refractivity contribution in [3.05, 3.63) is 30.6 Å². The number of imidazole rings is 1. The molecule has 1 amide bonds. The van der Waals surface area contributed by atoms with Crippen molar-refractivity contribution in [3.63, 3.8) is 0 Å². The third-order valence-corrected chi connectivity index (χ3v) is 2.79. The van der Waals surface area contributed by atoms with E-state index in [2.05, 4.69) is 15.6 Å². The van der Waals surface area contributed by atoms with Crippen molar-refractivity contribution in [1.82, 2.24) is 14.7 Å². The molecule has 0 bridgehead atoms. The highest BCUT2D eigenvalue weighted by atomic mass is 16.5. The van der Waals surface area contributed by atoms with Gasteiger partial charge < -0.3 is 15.4 Å². The number of ether oxygens (including phenoxy) is 1. The Hall–Kier alpha value is -2.08. The van der Waals surface area contributed by atoms with E-state index >= 15 is 0 Å². The molecule has 0 saturated heterocycles. The lowest BCUT2D eigenvalue weighted by Crippen LogP contribution is -2.39. The molecule has 0 aliphatic carbocycles. The normalized spacial score (nSPS) is 12.3. The number of methoxy groups -OCH3 is 1. The number of amides is 1. The Morgan fingerprint density at radius 3 is 3.16 bits per heavy atom. The van der Waals surface area contributed by atoms with Crippen molar-refractivity contribution in [2.75, 3.05) is 25.6 Å². The maximum absolute atomic E-state index is 11.8. The van der Waals surface area contributed by atoms with E-state index in [1.54, 1.807) is 13.3 Å². The Labute approximate surface area is 111 Å². The average molecular weight is 262 g/mol. The zero-order valence-electron chi connectivity index (χ0n) is 11.1. The third kappa shape index (κ3) is 3.23. The van der Waals surface area contributed by atoms with Gasteiger partial charge in [-0.2, -0.15) is 0 Å². The second kappa shape index (κ2) is 6.19. The molecule has 2 aromatic heterocycles. The van der Waals surface area contributed by atoms with Crippen LogP contribution in [-0.2, 0) is 9.53 Å². The second-order valence-electron chi connectivity index (χ2n) is 4.22. The summed E-state index contributed by atoms with van der Waals surface area (Å²) in [5, 5.41) is 5.96. The fourth-order valence-corrected chi connectivity index (χ4v) is 1.78. The zero-order chi connectivity index (χ0) is 13.7. The van der Waals surface area contributed by atoms with Gasteiger partial charge in [0.15, 0.2) is 0 Å². The van der Waals surface area contributed by atoms with Crippen molar-refractivity contribution in [2.45, 2.75) is 13.0 Å². The summed E-state index contributed by atoms with van der Waals surface area (Å²) < 4.78 is 6.79. The highest BCUT2D eigenvalue weighted by Crippen LogP contribution is 2.11. The van der Waals surface area contributed by atoms with Gasteiger partial charge in [0.25, 0.3) is 0 Å². The van der Waals surface area contributed by atoms with Crippen LogP contribution in [0.4, 0.5) is 5.82 Å². The molecule has 0 aliphatic heterocycles. The number of rotatable bonds is 6. The molecule has 0 saturated carbocycles. The van der Waals surface area contributed by atoms with Crippen LogP contribution in [0.2, 0.25) is 0 Å². The van der Waals surface area contributed by atoms with Crippen LogP contribution in [0.5, 0.6) is 0 Å². The van der Waals surface area contributed by atoms with Gasteiger partial charge >= 0.3 is 0 Å². The Kier molecular flexibility index (Phi) is 4.35. The maximum Gasteiger partial charge on any atom is 0.242 e. The first-order chi connectivity index (χ1) is 9.22. The number of carbonyl (C=O) groups is 1. The molecule has 2 heterocycles. The van der Waals surface area contributed by atoms with Gasteiger partial charge in [-0.15, -0.1) is 0 Å². The average Bonchev–Trinajstić information content (AvgIpc) is 2.88. The fraction of sp³-hybridized carbons (Fsp3) is 0.385. The van der Waals surface area contributed by atoms with E-state index in [0.29, 0.717) is 13.2 Å². The summed E-state index contributed by atoms with van der Waals surface area (Å²) in [6.07, 6.45) is 3.58. The number of aromatic nitrogens is 2. The molecule has 1 atom stereocenters. The van der Waals surface area contributed by atoms with Crippen LogP contribution in [-0.4, -0.2) is 41.6 Å². The van der Waals surface area contributed by atoms with Crippen LogP contribution in [0.1, 0.15) is 6.92 Å². The van der Waals surface area contributed by atoms with E-state index in [4.69, 9.17) is 4.74 Å². The van der Waals surface area contributed by atoms with Crippen LogP contribution in [0.3, 0.4) is 0 Å². The number of nitrogens with one attached hydrogen (secondary N) is 2. The number of fused-ring (bicyclic) bond motifs is 1. The van der Waals surface area contributed by atoms with Crippen molar-refractivity contribution in [3.8, 4) is 0 Å². The van der Waals surface area contributed by atoms with E-state index in [-0.39, 0.29) is 11.9 Å². The first kappa shape index (κ1) is 13.4. The van der Waals surface area contributed by atoms with E-state index < -0.39 is 0 Å². The van der Waals surface area contributed by atoms with Crippen molar-refractivity contribution in [1.29, 1.82) is 0 Å². The summed E-state index contributed by atoms with van der Waals surface area (Å²) in [5.74, 6) is 0.776. The van der Waals surface area contributed by atoms with Gasteiger partial charge in [0.2, 0.25) is 5.91 Å². The molecule has 19 heavy (non-hydrogen) atoms. The summed E-state index contributed by atoms with van der Waals surface area (Å²) in [5.41, 5.74) is 0.844. The quantitative estimate of drug-likeness (QED) is 0.759. The Morgan fingerprint density at radius 2 is 2.37 bits per heavy atom. The van der Waals surface area contributed by atoms with E-state index in [0.717, 1.165) is 11.5 Å². The molecule has 0 aromatic carbocycles. The summed E-state index contributed by atoms with van der Waals surface area (Å²) in [4.78, 5) is 16.0. The van der Waals surface area contributed by atoms with Gasteiger partial charge in [0.05, 0.1) is 6.61 Å². The summed E-state index contributed by atoms with van der Waals surface area (Å²) in [6.45, 7) is 2.84. The first-order valence-electron chi connectivity index (χ1n) is 6.17. The van der Waals surface area contributed by atoms with Crippen LogP contribution in [0, 0.1) is 0 Å². The molecule has 6 nitrogen and oxygen atoms in total. The lowest BCUT2D eigenvalue weighted by atomic mass is 10.3. The molecule has 0 aliphatic rings. The molecular weight excluding hydrogens is 244 g/mol. The van der Waals surface area contributed by atoms with Crippen molar-refractivity contribution in [2.24, 2.45) is 0 Å². The highest BCUT2D eigenvalue weighted by molar-refractivity contribution is 5.84. The van der Waals surface area contributed by atoms with Gasteiger partial charge in [0.1, 0.15) is 17.5 Å². The molecule has 2 N–H and O–H groups in total. The minimum Gasteiger partial charge on any atom is -0.383 e. The Morgan fingerprint density at radius 1 is 1.53 bits per heavy atom. The monoisotopic (exact) mass is 262 g/mol.